The van der Waals surface area contributed by atoms with Gasteiger partial charge < -0.3 is 20.3 Å². The van der Waals surface area contributed by atoms with Crippen LogP contribution in [-0.2, 0) is 4.74 Å². The van der Waals surface area contributed by atoms with E-state index in [4.69, 9.17) is 4.74 Å². The third-order valence-corrected chi connectivity index (χ3v) is 4.20. The minimum Gasteiger partial charge on any atom is -0.388 e. The summed E-state index contributed by atoms with van der Waals surface area (Å²) < 4.78 is 7.58. The zero-order chi connectivity index (χ0) is 14.1. The molecule has 0 bridgehead atoms. The fourth-order valence-electron chi connectivity index (χ4n) is 2.56. The topological polar surface area (TPSA) is 91.9 Å². The van der Waals surface area contributed by atoms with Crippen LogP contribution in [0, 0.1) is 0 Å². The minimum absolute atomic E-state index is 0.0286. The molecule has 20 heavy (non-hydrogen) atoms. The van der Waals surface area contributed by atoms with E-state index in [1.807, 2.05) is 6.26 Å². The van der Waals surface area contributed by atoms with Crippen LogP contribution in [0.5, 0.6) is 0 Å². The van der Waals surface area contributed by atoms with Gasteiger partial charge in [0.25, 0.3) is 0 Å². The van der Waals surface area contributed by atoms with Crippen molar-refractivity contribution in [3.63, 3.8) is 0 Å². The van der Waals surface area contributed by atoms with E-state index in [9.17, 15) is 10.2 Å². The number of nitrogens with one attached hydrogen (secondary N) is 1. The highest BCUT2D eigenvalue weighted by Crippen LogP contribution is 2.36. The summed E-state index contributed by atoms with van der Waals surface area (Å²) in [5.41, 5.74) is 0.510. The van der Waals surface area contributed by atoms with E-state index >= 15 is 0 Å². The average Bonchev–Trinajstić information content (AvgIpc) is 2.93. The van der Waals surface area contributed by atoms with E-state index in [2.05, 4.69) is 15.3 Å². The smallest absolute Gasteiger partial charge is 0.163 e. The third kappa shape index (κ3) is 2.44. The van der Waals surface area contributed by atoms with Crippen LogP contribution in [0.4, 0.5) is 5.82 Å². The molecular weight excluding hydrogens is 280 g/mol. The molecule has 1 fully saturated rings. The number of hydrogen-bond acceptors (Lipinski definition) is 7. The van der Waals surface area contributed by atoms with Gasteiger partial charge in [-0.25, -0.2) is 9.98 Å². The standard InChI is InChI=1S/C12H18N4O3S/c1-20-4-7-2-8(17)12(19-7)16-6-15-10-9(18)3-13-5-14-11(10)16/h5-9,12,17-18H,2-4H2,1H3,(H,13,14)/t7-,8+,9+,12+/m0/s1. The summed E-state index contributed by atoms with van der Waals surface area (Å²) in [6, 6.07) is 0. The largest absolute Gasteiger partial charge is 0.388 e. The Morgan fingerprint density at radius 2 is 2.40 bits per heavy atom. The number of aliphatic imine (C=N–C) groups is 1. The Balaban J connectivity index is 1.88. The van der Waals surface area contributed by atoms with E-state index in [0.717, 1.165) is 5.75 Å². The van der Waals surface area contributed by atoms with Crippen LogP contribution in [0.15, 0.2) is 11.3 Å². The number of fused-ring (bicyclic) bond motifs is 1. The summed E-state index contributed by atoms with van der Waals surface area (Å²) in [5.74, 6) is 1.38. The van der Waals surface area contributed by atoms with E-state index < -0.39 is 18.4 Å². The predicted octanol–water partition coefficient (Wildman–Crippen LogP) is 0.191. The van der Waals surface area contributed by atoms with E-state index in [1.165, 1.54) is 6.34 Å². The molecule has 0 aromatic carbocycles. The number of thioether (sulfide) groups is 1. The Morgan fingerprint density at radius 3 is 3.20 bits per heavy atom. The Labute approximate surface area is 121 Å². The second-order valence-electron chi connectivity index (χ2n) is 4.95. The number of aliphatic hydroxyl groups excluding tert-OH is 2. The molecule has 8 heteroatoms. The van der Waals surface area contributed by atoms with Gasteiger partial charge in [-0.1, -0.05) is 0 Å². The van der Waals surface area contributed by atoms with Gasteiger partial charge in [0.2, 0.25) is 0 Å². The number of aliphatic hydroxyl groups is 2. The molecule has 110 valence electrons. The van der Waals surface area contributed by atoms with Gasteiger partial charge in [0, 0.05) is 18.7 Å². The van der Waals surface area contributed by atoms with Gasteiger partial charge >= 0.3 is 0 Å². The number of hydrogen-bond donors (Lipinski definition) is 3. The van der Waals surface area contributed by atoms with Gasteiger partial charge in [0.1, 0.15) is 17.9 Å². The minimum atomic E-state index is -0.714. The molecule has 2 aliphatic heterocycles. The van der Waals surface area contributed by atoms with Crippen LogP contribution in [0.1, 0.15) is 24.4 Å². The lowest BCUT2D eigenvalue weighted by Crippen LogP contribution is -2.18. The van der Waals surface area contributed by atoms with Crippen LogP contribution >= 0.6 is 11.8 Å². The van der Waals surface area contributed by atoms with Gasteiger partial charge in [0.15, 0.2) is 12.0 Å². The molecule has 0 saturated carbocycles. The van der Waals surface area contributed by atoms with Crippen LogP contribution in [0.2, 0.25) is 0 Å². The van der Waals surface area contributed by atoms with Crippen molar-refractivity contribution in [2.75, 3.05) is 18.6 Å². The molecule has 4 atom stereocenters. The van der Waals surface area contributed by atoms with Gasteiger partial charge in [-0.05, 0) is 6.26 Å². The summed E-state index contributed by atoms with van der Waals surface area (Å²) in [4.78, 5) is 8.47. The van der Waals surface area contributed by atoms with Crippen molar-refractivity contribution in [3.8, 4) is 0 Å². The van der Waals surface area contributed by atoms with Crippen molar-refractivity contribution < 1.29 is 14.9 Å². The van der Waals surface area contributed by atoms with Crippen LogP contribution in [0.3, 0.4) is 0 Å². The molecular formula is C12H18N4O3S. The lowest BCUT2D eigenvalue weighted by atomic mass is 10.2. The van der Waals surface area contributed by atoms with Crippen molar-refractivity contribution in [2.24, 2.45) is 4.99 Å². The van der Waals surface area contributed by atoms with Gasteiger partial charge in [-0.15, -0.1) is 0 Å². The number of imidazole rings is 1. The Hall–Kier alpha value is -1.09. The second-order valence-corrected chi connectivity index (χ2v) is 5.86. The fraction of sp³-hybridized carbons (Fsp3) is 0.667. The number of β-amino-alcohol motifs (C(OH)–C–C–N with tert-alkyl or cyclic N) is 1. The number of nitrogens with zero attached hydrogens (tertiary/aromatic N) is 3. The number of ether oxygens (including phenoxy) is 1. The molecule has 0 amide bonds. The molecule has 0 unspecified atom stereocenters. The molecule has 1 aromatic rings. The molecule has 1 saturated heterocycles. The zero-order valence-corrected chi connectivity index (χ0v) is 12.0. The van der Waals surface area contributed by atoms with Gasteiger partial charge in [-0.2, -0.15) is 11.8 Å². The molecule has 3 heterocycles. The summed E-state index contributed by atoms with van der Waals surface area (Å²) in [6.07, 6.45) is 3.96. The molecule has 3 N–H and O–H groups in total. The van der Waals surface area contributed by atoms with Gasteiger partial charge in [0.05, 0.1) is 18.8 Å². The van der Waals surface area contributed by atoms with E-state index in [0.29, 0.717) is 24.5 Å². The zero-order valence-electron chi connectivity index (χ0n) is 11.1. The third-order valence-electron chi connectivity index (χ3n) is 3.49. The maximum Gasteiger partial charge on any atom is 0.163 e. The predicted molar refractivity (Wildman–Crippen MR) is 76.3 cm³/mol. The Morgan fingerprint density at radius 1 is 1.55 bits per heavy atom. The van der Waals surface area contributed by atoms with Crippen molar-refractivity contribution in [1.82, 2.24) is 14.9 Å². The summed E-state index contributed by atoms with van der Waals surface area (Å²) in [6.45, 7) is 0.372. The van der Waals surface area contributed by atoms with Crippen molar-refractivity contribution in [3.05, 3.63) is 12.0 Å². The number of rotatable bonds is 3. The summed E-state index contributed by atoms with van der Waals surface area (Å²) in [5, 5.41) is 23.0. The summed E-state index contributed by atoms with van der Waals surface area (Å²) >= 11 is 1.69. The Bertz CT molecular complexity index is 507. The second kappa shape index (κ2) is 5.72. The fourth-order valence-corrected chi connectivity index (χ4v) is 3.15. The lowest BCUT2D eigenvalue weighted by Gasteiger charge is -2.17. The maximum atomic E-state index is 10.2. The van der Waals surface area contributed by atoms with Crippen molar-refractivity contribution in [2.45, 2.75) is 31.0 Å². The molecule has 7 nitrogen and oxygen atoms in total. The molecule has 1 aromatic heterocycles. The highest BCUT2D eigenvalue weighted by atomic mass is 32.2. The van der Waals surface area contributed by atoms with Crippen LogP contribution in [-0.4, -0.2) is 56.9 Å². The Kier molecular flexibility index (Phi) is 3.97. The van der Waals surface area contributed by atoms with Gasteiger partial charge in [-0.3, -0.25) is 4.57 Å². The molecule has 0 aliphatic carbocycles. The molecule has 3 rings (SSSR count). The normalized spacial score (nSPS) is 32.8. The van der Waals surface area contributed by atoms with Crippen molar-refractivity contribution in [1.29, 1.82) is 0 Å². The maximum absolute atomic E-state index is 10.2. The molecule has 0 radical (unpaired) electrons. The quantitative estimate of drug-likeness (QED) is 0.738. The first-order chi connectivity index (χ1) is 9.70. The number of aromatic nitrogens is 2. The summed E-state index contributed by atoms with van der Waals surface area (Å²) in [7, 11) is 0. The van der Waals surface area contributed by atoms with Crippen LogP contribution in [0.25, 0.3) is 0 Å². The highest BCUT2D eigenvalue weighted by molar-refractivity contribution is 7.98. The molecule has 0 spiro atoms. The van der Waals surface area contributed by atoms with E-state index in [-0.39, 0.29) is 6.10 Å². The molecule has 2 aliphatic rings. The first-order valence-corrected chi connectivity index (χ1v) is 7.93. The first kappa shape index (κ1) is 13.9. The highest BCUT2D eigenvalue weighted by Gasteiger charge is 2.37. The van der Waals surface area contributed by atoms with E-state index in [1.54, 1.807) is 22.7 Å². The van der Waals surface area contributed by atoms with Crippen molar-refractivity contribution >= 4 is 23.9 Å². The van der Waals surface area contributed by atoms with Crippen LogP contribution < -0.4 is 5.32 Å². The SMILES string of the molecule is CSC[C@@H]1C[C@@H](O)[C@H](n2cnc3c2N=CNC[C@H]3O)O1. The monoisotopic (exact) mass is 298 g/mol. The lowest BCUT2D eigenvalue weighted by molar-refractivity contribution is -0.0297. The first-order valence-electron chi connectivity index (χ1n) is 6.54. The average molecular weight is 298 g/mol.